The van der Waals surface area contributed by atoms with Crippen molar-refractivity contribution >= 4 is 29.0 Å². The minimum Gasteiger partial charge on any atom is -0.329 e. The maximum atomic E-state index is 12.5. The molecular weight excluding hydrogens is 336 g/mol. The van der Waals surface area contributed by atoms with Crippen molar-refractivity contribution in [2.45, 2.75) is 39.5 Å². The van der Waals surface area contributed by atoms with E-state index in [4.69, 9.17) is 0 Å². The average Bonchev–Trinajstić information content (AvgIpc) is 3.16. The van der Waals surface area contributed by atoms with Gasteiger partial charge in [-0.3, -0.25) is 14.3 Å². The molecular formula is C18H26N4O2S. The highest BCUT2D eigenvalue weighted by Gasteiger charge is 2.22. The van der Waals surface area contributed by atoms with Crippen LogP contribution in [0.25, 0.3) is 0 Å². The number of amides is 2. The maximum absolute atomic E-state index is 12.5. The first kappa shape index (κ1) is 19.2. The van der Waals surface area contributed by atoms with Crippen molar-refractivity contribution in [2.24, 2.45) is 7.05 Å². The molecule has 2 aromatic heterocycles. The Morgan fingerprint density at radius 2 is 2.08 bits per heavy atom. The van der Waals surface area contributed by atoms with Crippen LogP contribution in [0.4, 0.5) is 5.82 Å². The van der Waals surface area contributed by atoms with Crippen LogP contribution in [0.1, 0.15) is 49.5 Å². The third-order valence-corrected chi connectivity index (χ3v) is 4.62. The molecule has 7 heteroatoms. The molecule has 136 valence electrons. The van der Waals surface area contributed by atoms with Crippen LogP contribution in [-0.2, 0) is 17.3 Å². The summed E-state index contributed by atoms with van der Waals surface area (Å²) >= 11 is 1.39. The van der Waals surface area contributed by atoms with E-state index in [9.17, 15) is 9.59 Å². The number of carbonyl (C=O) groups is 2. The second kappa shape index (κ2) is 7.82. The molecule has 0 saturated heterocycles. The zero-order valence-corrected chi connectivity index (χ0v) is 16.3. The number of aromatic nitrogens is 2. The first-order valence-corrected chi connectivity index (χ1v) is 9.27. The van der Waals surface area contributed by atoms with Gasteiger partial charge in [0.05, 0.1) is 10.6 Å². The Morgan fingerprint density at radius 1 is 1.36 bits per heavy atom. The third kappa shape index (κ3) is 4.92. The highest BCUT2D eigenvalue weighted by atomic mass is 32.1. The molecule has 0 unspecified atom stereocenters. The van der Waals surface area contributed by atoms with Crippen LogP contribution in [0.15, 0.2) is 23.6 Å². The molecule has 0 aliphatic heterocycles. The van der Waals surface area contributed by atoms with Crippen molar-refractivity contribution in [1.82, 2.24) is 14.7 Å². The number of rotatable bonds is 6. The molecule has 0 bridgehead atoms. The molecule has 2 amide bonds. The highest BCUT2D eigenvalue weighted by molar-refractivity contribution is 7.12. The Bertz CT molecular complexity index is 729. The molecule has 0 aromatic carbocycles. The molecule has 0 aliphatic carbocycles. The average molecular weight is 362 g/mol. The zero-order chi connectivity index (χ0) is 18.6. The van der Waals surface area contributed by atoms with Gasteiger partial charge >= 0.3 is 0 Å². The van der Waals surface area contributed by atoms with Crippen molar-refractivity contribution in [3.63, 3.8) is 0 Å². The highest BCUT2D eigenvalue weighted by Crippen LogP contribution is 2.23. The largest absolute Gasteiger partial charge is 0.329 e. The number of hydrogen-bond acceptors (Lipinski definition) is 4. The first-order chi connectivity index (χ1) is 11.7. The fraction of sp³-hybridized carbons (Fsp3) is 0.500. The van der Waals surface area contributed by atoms with Crippen LogP contribution >= 0.6 is 11.3 Å². The van der Waals surface area contributed by atoms with E-state index in [1.807, 2.05) is 24.4 Å². The summed E-state index contributed by atoms with van der Waals surface area (Å²) in [7, 11) is 1.80. The van der Waals surface area contributed by atoms with Gasteiger partial charge in [0.15, 0.2) is 0 Å². The van der Waals surface area contributed by atoms with Crippen molar-refractivity contribution in [3.8, 4) is 0 Å². The van der Waals surface area contributed by atoms with Gasteiger partial charge in [-0.15, -0.1) is 11.3 Å². The second-order valence-corrected chi connectivity index (χ2v) is 7.99. The van der Waals surface area contributed by atoms with Gasteiger partial charge in [0.25, 0.3) is 5.91 Å². The molecule has 2 rings (SSSR count). The minimum atomic E-state index is -0.221. The number of nitrogens with zero attached hydrogens (tertiary/aromatic N) is 3. The summed E-state index contributed by atoms with van der Waals surface area (Å²) in [5.74, 6) is 0.309. The van der Waals surface area contributed by atoms with Crippen molar-refractivity contribution in [2.75, 3.05) is 18.4 Å². The normalized spacial score (nSPS) is 11.4. The Kier molecular flexibility index (Phi) is 6.00. The number of hydrogen-bond donors (Lipinski definition) is 1. The van der Waals surface area contributed by atoms with E-state index in [0.29, 0.717) is 17.2 Å². The molecule has 0 spiro atoms. The standard InChI is InChI=1S/C18H26N4O2S/c1-6-9-22(17(24)13-8-7-10-25-13)12-16(23)19-15-11-14(18(2,3)4)20-21(15)5/h7-8,10-11H,6,9,12H2,1-5H3,(H,19,23). The number of nitrogens with one attached hydrogen (secondary N) is 1. The smallest absolute Gasteiger partial charge is 0.264 e. The quantitative estimate of drug-likeness (QED) is 0.857. The van der Waals surface area contributed by atoms with E-state index in [-0.39, 0.29) is 23.8 Å². The minimum absolute atomic E-state index is 0.0284. The number of carbonyl (C=O) groups excluding carboxylic acids is 2. The van der Waals surface area contributed by atoms with Crippen molar-refractivity contribution in [3.05, 3.63) is 34.2 Å². The summed E-state index contributed by atoms with van der Waals surface area (Å²) in [4.78, 5) is 27.2. The summed E-state index contributed by atoms with van der Waals surface area (Å²) in [6.45, 7) is 8.78. The molecule has 25 heavy (non-hydrogen) atoms. The number of anilines is 1. The van der Waals surface area contributed by atoms with Crippen molar-refractivity contribution < 1.29 is 9.59 Å². The monoisotopic (exact) mass is 362 g/mol. The van der Waals surface area contributed by atoms with Crippen LogP contribution < -0.4 is 5.32 Å². The van der Waals surface area contributed by atoms with Crippen LogP contribution in [0, 0.1) is 0 Å². The van der Waals surface area contributed by atoms with Gasteiger partial charge in [-0.05, 0) is 17.9 Å². The Hall–Kier alpha value is -2.15. The molecule has 6 nitrogen and oxygen atoms in total. The lowest BCUT2D eigenvalue weighted by Crippen LogP contribution is -2.38. The second-order valence-electron chi connectivity index (χ2n) is 7.04. The molecule has 1 N–H and O–H groups in total. The van der Waals surface area contributed by atoms with Crippen LogP contribution in [0.3, 0.4) is 0 Å². The van der Waals surface area contributed by atoms with Gasteiger partial charge in [-0.25, -0.2) is 0 Å². The Balaban J connectivity index is 2.07. The fourth-order valence-corrected chi connectivity index (χ4v) is 3.08. The molecule has 2 heterocycles. The SMILES string of the molecule is CCCN(CC(=O)Nc1cc(C(C)(C)C)nn1C)C(=O)c1cccs1. The number of thiophene rings is 1. The van der Waals surface area contributed by atoms with E-state index in [1.165, 1.54) is 11.3 Å². The molecule has 0 radical (unpaired) electrons. The Morgan fingerprint density at radius 3 is 2.60 bits per heavy atom. The summed E-state index contributed by atoms with van der Waals surface area (Å²) in [5, 5.41) is 9.17. The van der Waals surface area contributed by atoms with Gasteiger partial charge in [0.1, 0.15) is 12.4 Å². The molecule has 0 saturated carbocycles. The zero-order valence-electron chi connectivity index (χ0n) is 15.5. The lowest BCUT2D eigenvalue weighted by atomic mass is 9.92. The van der Waals surface area contributed by atoms with Crippen molar-refractivity contribution in [1.29, 1.82) is 0 Å². The summed E-state index contributed by atoms with van der Waals surface area (Å²) in [6, 6.07) is 5.50. The van der Waals surface area contributed by atoms with Gasteiger partial charge in [0.2, 0.25) is 5.91 Å². The lowest BCUT2D eigenvalue weighted by molar-refractivity contribution is -0.116. The van der Waals surface area contributed by atoms with Crippen LogP contribution in [0.2, 0.25) is 0 Å². The van der Waals surface area contributed by atoms with E-state index in [1.54, 1.807) is 22.7 Å². The molecule has 0 atom stereocenters. The first-order valence-electron chi connectivity index (χ1n) is 8.39. The summed E-state index contributed by atoms with van der Waals surface area (Å²) < 4.78 is 1.66. The van der Waals surface area contributed by atoms with Gasteiger partial charge in [-0.2, -0.15) is 5.10 Å². The molecule has 0 aliphatic rings. The van der Waals surface area contributed by atoms with Gasteiger partial charge in [0, 0.05) is 25.1 Å². The number of aryl methyl sites for hydroxylation is 1. The van der Waals surface area contributed by atoms with Crippen LogP contribution in [0.5, 0.6) is 0 Å². The lowest BCUT2D eigenvalue weighted by Gasteiger charge is -2.20. The van der Waals surface area contributed by atoms with Gasteiger partial charge < -0.3 is 10.2 Å². The maximum Gasteiger partial charge on any atom is 0.264 e. The third-order valence-electron chi connectivity index (χ3n) is 3.76. The van der Waals surface area contributed by atoms with E-state index in [0.717, 1.165) is 12.1 Å². The topological polar surface area (TPSA) is 67.2 Å². The predicted molar refractivity (Wildman–Crippen MR) is 101 cm³/mol. The summed E-state index contributed by atoms with van der Waals surface area (Å²) in [6.07, 6.45) is 0.796. The Labute approximate surface area is 152 Å². The van der Waals surface area contributed by atoms with Crippen LogP contribution in [-0.4, -0.2) is 39.6 Å². The fourth-order valence-electron chi connectivity index (χ4n) is 2.38. The van der Waals surface area contributed by atoms with E-state index < -0.39 is 0 Å². The molecule has 0 fully saturated rings. The predicted octanol–water partition coefficient (Wildman–Crippen LogP) is 3.27. The van der Waals surface area contributed by atoms with E-state index >= 15 is 0 Å². The van der Waals surface area contributed by atoms with Gasteiger partial charge in [-0.1, -0.05) is 33.8 Å². The summed E-state index contributed by atoms with van der Waals surface area (Å²) in [5.41, 5.74) is 0.815. The molecule has 2 aromatic rings. The van der Waals surface area contributed by atoms with E-state index in [2.05, 4.69) is 31.2 Å².